The van der Waals surface area contributed by atoms with E-state index in [1.807, 2.05) is 25.1 Å². The average molecular weight is 527 g/mol. The van der Waals surface area contributed by atoms with E-state index >= 15 is 0 Å². The standard InChI is InChI=1S/C28H38N4O4S/c1-6-7-26(33)29-21-8-11-23(12-9-21)37(34,35)31(5)22-10-13-25-24(18-22)30-27(28(2,3)4)32(25)19-20-14-16-36-17-15-20/h8-13,18,20H,6-7,14-17,19H2,1-5H3,(H,29,33). The van der Waals surface area contributed by atoms with E-state index in [4.69, 9.17) is 9.72 Å². The van der Waals surface area contributed by atoms with Crippen LogP contribution in [0.5, 0.6) is 0 Å². The molecule has 0 saturated carbocycles. The molecule has 8 nitrogen and oxygen atoms in total. The van der Waals surface area contributed by atoms with Crippen LogP contribution < -0.4 is 9.62 Å². The van der Waals surface area contributed by atoms with Gasteiger partial charge in [-0.05, 0) is 67.6 Å². The van der Waals surface area contributed by atoms with Gasteiger partial charge in [0.25, 0.3) is 10.0 Å². The fourth-order valence-corrected chi connectivity index (χ4v) is 5.90. The molecule has 2 heterocycles. The van der Waals surface area contributed by atoms with Gasteiger partial charge in [-0.15, -0.1) is 0 Å². The van der Waals surface area contributed by atoms with E-state index < -0.39 is 10.0 Å². The Morgan fingerprint density at radius 1 is 1.14 bits per heavy atom. The lowest BCUT2D eigenvalue weighted by molar-refractivity contribution is -0.116. The van der Waals surface area contributed by atoms with E-state index in [9.17, 15) is 13.2 Å². The molecular formula is C28H38N4O4S. The SMILES string of the molecule is CCCC(=O)Nc1ccc(S(=O)(=O)N(C)c2ccc3c(c2)nc(C(C)(C)C)n3CC2CCOCC2)cc1. The molecule has 1 fully saturated rings. The van der Waals surface area contributed by atoms with Crippen molar-refractivity contribution in [3.05, 3.63) is 48.3 Å². The summed E-state index contributed by atoms with van der Waals surface area (Å²) in [5, 5.41) is 2.79. The van der Waals surface area contributed by atoms with Gasteiger partial charge in [-0.1, -0.05) is 27.7 Å². The van der Waals surface area contributed by atoms with Crippen molar-refractivity contribution < 1.29 is 17.9 Å². The molecule has 2 aromatic carbocycles. The number of carbonyl (C=O) groups is 1. The Labute approximate surface area is 220 Å². The summed E-state index contributed by atoms with van der Waals surface area (Å²) in [6, 6.07) is 11.9. The summed E-state index contributed by atoms with van der Waals surface area (Å²) in [5.41, 5.74) is 2.76. The number of hydrogen-bond acceptors (Lipinski definition) is 5. The molecule has 0 radical (unpaired) electrons. The Balaban J connectivity index is 1.62. The molecule has 0 aliphatic carbocycles. The number of carbonyl (C=O) groups excluding carboxylic acids is 1. The number of ether oxygens (including phenoxy) is 1. The minimum atomic E-state index is -3.80. The van der Waals surface area contributed by atoms with Gasteiger partial charge in [0.15, 0.2) is 0 Å². The number of benzene rings is 2. The molecule has 0 spiro atoms. The Morgan fingerprint density at radius 2 is 1.81 bits per heavy atom. The van der Waals surface area contributed by atoms with Gasteiger partial charge in [0.2, 0.25) is 5.91 Å². The van der Waals surface area contributed by atoms with Crippen LogP contribution in [0.4, 0.5) is 11.4 Å². The molecule has 1 aromatic heterocycles. The second-order valence-corrected chi connectivity index (χ2v) is 12.8. The van der Waals surface area contributed by atoms with E-state index in [0.717, 1.165) is 55.9 Å². The van der Waals surface area contributed by atoms with Gasteiger partial charge in [-0.2, -0.15) is 0 Å². The van der Waals surface area contributed by atoms with Crippen molar-refractivity contribution in [2.45, 2.75) is 70.2 Å². The second-order valence-electron chi connectivity index (χ2n) is 10.8. The molecule has 1 N–H and O–H groups in total. The number of sulfonamides is 1. The van der Waals surface area contributed by atoms with Gasteiger partial charge in [-0.25, -0.2) is 13.4 Å². The smallest absolute Gasteiger partial charge is 0.264 e. The summed E-state index contributed by atoms with van der Waals surface area (Å²) in [5.74, 6) is 1.44. The van der Waals surface area contributed by atoms with Crippen LogP contribution in [0.3, 0.4) is 0 Å². The third-order valence-corrected chi connectivity index (χ3v) is 8.62. The Hall–Kier alpha value is -2.91. The fraction of sp³-hybridized carbons (Fsp3) is 0.500. The van der Waals surface area contributed by atoms with E-state index in [1.165, 1.54) is 16.4 Å². The molecule has 0 bridgehead atoms. The summed E-state index contributed by atoms with van der Waals surface area (Å²) in [6.07, 6.45) is 3.23. The molecule has 1 aliphatic rings. The first-order valence-electron chi connectivity index (χ1n) is 13.0. The number of fused-ring (bicyclic) bond motifs is 1. The predicted molar refractivity (Wildman–Crippen MR) is 148 cm³/mol. The minimum Gasteiger partial charge on any atom is -0.381 e. The molecule has 1 aliphatic heterocycles. The van der Waals surface area contributed by atoms with Crippen molar-refractivity contribution in [1.82, 2.24) is 9.55 Å². The molecule has 1 saturated heterocycles. The molecule has 0 unspecified atom stereocenters. The number of amides is 1. The molecular weight excluding hydrogens is 488 g/mol. The first kappa shape index (κ1) is 27.1. The van der Waals surface area contributed by atoms with Crippen LogP contribution in [0.2, 0.25) is 0 Å². The number of nitrogens with zero attached hydrogens (tertiary/aromatic N) is 3. The number of hydrogen-bond donors (Lipinski definition) is 1. The number of imidazole rings is 1. The minimum absolute atomic E-state index is 0.0885. The largest absolute Gasteiger partial charge is 0.381 e. The zero-order chi connectivity index (χ0) is 26.8. The van der Waals surface area contributed by atoms with E-state index in [0.29, 0.717) is 23.7 Å². The van der Waals surface area contributed by atoms with Gasteiger partial charge in [0.05, 0.1) is 21.6 Å². The molecule has 3 aromatic rings. The van der Waals surface area contributed by atoms with Crippen LogP contribution in [0, 0.1) is 5.92 Å². The van der Waals surface area contributed by atoms with Crippen LogP contribution in [-0.2, 0) is 31.5 Å². The van der Waals surface area contributed by atoms with Crippen LogP contribution >= 0.6 is 0 Å². The van der Waals surface area contributed by atoms with Crippen LogP contribution in [0.1, 0.15) is 59.2 Å². The second kappa shape index (κ2) is 10.8. The molecule has 4 rings (SSSR count). The van der Waals surface area contributed by atoms with Crippen LogP contribution in [-0.4, -0.2) is 44.1 Å². The highest BCUT2D eigenvalue weighted by Gasteiger charge is 2.27. The third-order valence-electron chi connectivity index (χ3n) is 6.82. The summed E-state index contributed by atoms with van der Waals surface area (Å²) >= 11 is 0. The first-order chi connectivity index (χ1) is 17.5. The number of anilines is 2. The first-order valence-corrected chi connectivity index (χ1v) is 14.4. The average Bonchev–Trinajstić information content (AvgIpc) is 3.23. The maximum atomic E-state index is 13.4. The molecule has 37 heavy (non-hydrogen) atoms. The van der Waals surface area contributed by atoms with Gasteiger partial charge in [0, 0.05) is 44.3 Å². The maximum Gasteiger partial charge on any atom is 0.264 e. The summed E-state index contributed by atoms with van der Waals surface area (Å²) < 4.78 is 35.9. The van der Waals surface area contributed by atoms with Crippen molar-refractivity contribution in [3.63, 3.8) is 0 Å². The van der Waals surface area contributed by atoms with Crippen molar-refractivity contribution >= 4 is 38.3 Å². The van der Waals surface area contributed by atoms with Crippen LogP contribution in [0.25, 0.3) is 11.0 Å². The normalized spacial score (nSPS) is 15.2. The monoisotopic (exact) mass is 526 g/mol. The Morgan fingerprint density at radius 3 is 2.43 bits per heavy atom. The fourth-order valence-electron chi connectivity index (χ4n) is 4.72. The third kappa shape index (κ3) is 5.99. The summed E-state index contributed by atoms with van der Waals surface area (Å²) in [4.78, 5) is 17.0. The highest BCUT2D eigenvalue weighted by Crippen LogP contribution is 2.32. The van der Waals surface area contributed by atoms with Gasteiger partial charge >= 0.3 is 0 Å². The van der Waals surface area contributed by atoms with Gasteiger partial charge in [-0.3, -0.25) is 9.10 Å². The molecule has 0 atom stereocenters. The highest BCUT2D eigenvalue weighted by atomic mass is 32.2. The van der Waals surface area contributed by atoms with Crippen molar-refractivity contribution in [3.8, 4) is 0 Å². The van der Waals surface area contributed by atoms with Crippen LogP contribution in [0.15, 0.2) is 47.4 Å². The topological polar surface area (TPSA) is 93.5 Å². The predicted octanol–water partition coefficient (Wildman–Crippen LogP) is 5.32. The maximum absolute atomic E-state index is 13.4. The Kier molecular flexibility index (Phi) is 7.94. The molecule has 1 amide bonds. The van der Waals surface area contributed by atoms with Crippen molar-refractivity contribution in [2.75, 3.05) is 29.9 Å². The summed E-state index contributed by atoms with van der Waals surface area (Å²) in [7, 11) is -2.25. The number of nitrogens with one attached hydrogen (secondary N) is 1. The lowest BCUT2D eigenvalue weighted by Gasteiger charge is -2.26. The zero-order valence-electron chi connectivity index (χ0n) is 22.5. The van der Waals surface area contributed by atoms with Crippen molar-refractivity contribution in [2.24, 2.45) is 5.92 Å². The highest BCUT2D eigenvalue weighted by molar-refractivity contribution is 7.92. The van der Waals surface area contributed by atoms with E-state index in [2.05, 4.69) is 30.7 Å². The number of aromatic nitrogens is 2. The quantitative estimate of drug-likeness (QED) is 0.429. The summed E-state index contributed by atoms with van der Waals surface area (Å²) in [6.45, 7) is 10.9. The lowest BCUT2D eigenvalue weighted by atomic mass is 9.94. The lowest BCUT2D eigenvalue weighted by Crippen LogP contribution is -2.26. The zero-order valence-corrected chi connectivity index (χ0v) is 23.3. The van der Waals surface area contributed by atoms with E-state index in [1.54, 1.807) is 19.2 Å². The van der Waals surface area contributed by atoms with Gasteiger partial charge < -0.3 is 14.6 Å². The van der Waals surface area contributed by atoms with Gasteiger partial charge in [0.1, 0.15) is 5.82 Å². The van der Waals surface area contributed by atoms with E-state index in [-0.39, 0.29) is 16.2 Å². The Bertz CT molecular complexity index is 1350. The molecule has 200 valence electrons. The van der Waals surface area contributed by atoms with Crippen molar-refractivity contribution in [1.29, 1.82) is 0 Å². The molecule has 9 heteroatoms. The number of rotatable bonds is 8.